The molecule has 4 rings (SSSR count). The van der Waals surface area contributed by atoms with E-state index in [9.17, 15) is 9.90 Å². The van der Waals surface area contributed by atoms with Gasteiger partial charge in [-0.25, -0.2) is 0 Å². The highest BCUT2D eigenvalue weighted by atomic mass is 16.5. The number of phenolic OH excluding ortho intramolecular Hbond substituents is 1. The summed E-state index contributed by atoms with van der Waals surface area (Å²) in [7, 11) is 0. The zero-order valence-electron chi connectivity index (χ0n) is 19.2. The molecular formula is C28H32O3. The molecule has 31 heavy (non-hydrogen) atoms. The Kier molecular flexibility index (Phi) is 5.55. The molecule has 1 aliphatic heterocycles. The van der Waals surface area contributed by atoms with Crippen molar-refractivity contribution in [3.05, 3.63) is 70.3 Å². The number of ketones is 1. The summed E-state index contributed by atoms with van der Waals surface area (Å²) < 4.78 is 6.54. The number of carbonyl (C=O) groups excluding carboxylic acids is 1. The lowest BCUT2D eigenvalue weighted by molar-refractivity contribution is -0.121. The molecule has 0 bridgehead atoms. The SMILES string of the molecule is Cc1cc(C)c2c(c1C)OC(C)(CCC(=O)C(C)c1ccc3cc(O)ccc3c1)CC2. The van der Waals surface area contributed by atoms with E-state index in [0.717, 1.165) is 41.3 Å². The fraction of sp³-hybridized carbons (Fsp3) is 0.393. The van der Waals surface area contributed by atoms with Crippen LogP contribution >= 0.6 is 0 Å². The summed E-state index contributed by atoms with van der Waals surface area (Å²) >= 11 is 0. The molecule has 0 aliphatic carbocycles. The molecule has 0 spiro atoms. The number of hydrogen-bond acceptors (Lipinski definition) is 3. The Hall–Kier alpha value is -2.81. The molecule has 0 fully saturated rings. The minimum absolute atomic E-state index is 0.163. The van der Waals surface area contributed by atoms with E-state index < -0.39 is 0 Å². The number of hydrogen-bond donors (Lipinski definition) is 1. The van der Waals surface area contributed by atoms with Gasteiger partial charge in [-0.2, -0.15) is 0 Å². The van der Waals surface area contributed by atoms with Gasteiger partial charge in [0.05, 0.1) is 0 Å². The van der Waals surface area contributed by atoms with Crippen molar-refractivity contribution in [1.29, 1.82) is 0 Å². The lowest BCUT2D eigenvalue weighted by Crippen LogP contribution is -2.37. The van der Waals surface area contributed by atoms with Gasteiger partial charge in [-0.15, -0.1) is 0 Å². The van der Waals surface area contributed by atoms with E-state index in [1.165, 1.54) is 22.3 Å². The Balaban J connectivity index is 1.46. The van der Waals surface area contributed by atoms with Crippen LogP contribution in [0.5, 0.6) is 11.5 Å². The van der Waals surface area contributed by atoms with Crippen molar-refractivity contribution in [3.63, 3.8) is 0 Å². The Labute approximate surface area is 185 Å². The zero-order valence-corrected chi connectivity index (χ0v) is 19.2. The lowest BCUT2D eigenvalue weighted by atomic mass is 9.83. The van der Waals surface area contributed by atoms with Gasteiger partial charge in [0.2, 0.25) is 0 Å². The number of fused-ring (bicyclic) bond motifs is 2. The third-order valence-corrected chi connectivity index (χ3v) is 7.10. The van der Waals surface area contributed by atoms with Crippen LogP contribution in [0.25, 0.3) is 10.8 Å². The van der Waals surface area contributed by atoms with Crippen LogP contribution in [0, 0.1) is 20.8 Å². The van der Waals surface area contributed by atoms with E-state index in [4.69, 9.17) is 4.74 Å². The number of aryl methyl sites for hydroxylation is 2. The Morgan fingerprint density at radius 1 is 1.06 bits per heavy atom. The molecule has 0 aromatic heterocycles. The average molecular weight is 417 g/mol. The molecule has 3 nitrogen and oxygen atoms in total. The second kappa shape index (κ2) is 8.03. The largest absolute Gasteiger partial charge is 0.508 e. The summed E-state index contributed by atoms with van der Waals surface area (Å²) in [5.41, 5.74) is 5.81. The van der Waals surface area contributed by atoms with Crippen molar-refractivity contribution in [1.82, 2.24) is 0 Å². The van der Waals surface area contributed by atoms with Crippen molar-refractivity contribution in [2.24, 2.45) is 0 Å². The number of Topliss-reactive ketones (excluding diaryl/α,β-unsaturated/α-hetero) is 1. The van der Waals surface area contributed by atoms with Gasteiger partial charge in [-0.1, -0.05) is 37.3 Å². The Morgan fingerprint density at radius 2 is 1.77 bits per heavy atom. The summed E-state index contributed by atoms with van der Waals surface area (Å²) in [4.78, 5) is 13.0. The quantitative estimate of drug-likeness (QED) is 0.503. The molecule has 3 aromatic rings. The van der Waals surface area contributed by atoms with Gasteiger partial charge in [-0.3, -0.25) is 4.79 Å². The number of rotatable bonds is 5. The number of aromatic hydroxyl groups is 1. The normalized spacial score (nSPS) is 19.0. The maximum absolute atomic E-state index is 13.0. The fourth-order valence-electron chi connectivity index (χ4n) is 4.73. The van der Waals surface area contributed by atoms with Crippen LogP contribution in [0.4, 0.5) is 0 Å². The number of carbonyl (C=O) groups is 1. The molecule has 1 heterocycles. The molecule has 162 valence electrons. The number of ether oxygens (including phenoxy) is 1. The zero-order chi connectivity index (χ0) is 22.3. The molecule has 3 heteroatoms. The van der Waals surface area contributed by atoms with Crippen molar-refractivity contribution < 1.29 is 14.6 Å². The van der Waals surface area contributed by atoms with E-state index in [2.05, 4.69) is 39.8 Å². The summed E-state index contributed by atoms with van der Waals surface area (Å²) in [6.45, 7) is 10.6. The minimum atomic E-state index is -0.311. The lowest BCUT2D eigenvalue weighted by Gasteiger charge is -2.38. The van der Waals surface area contributed by atoms with Crippen LogP contribution < -0.4 is 4.74 Å². The molecule has 1 N–H and O–H groups in total. The molecule has 0 amide bonds. The highest BCUT2D eigenvalue weighted by Gasteiger charge is 2.34. The van der Waals surface area contributed by atoms with Crippen molar-refractivity contribution in [2.75, 3.05) is 0 Å². The Morgan fingerprint density at radius 3 is 2.55 bits per heavy atom. The highest BCUT2D eigenvalue weighted by Crippen LogP contribution is 2.41. The van der Waals surface area contributed by atoms with Gasteiger partial charge >= 0.3 is 0 Å². The van der Waals surface area contributed by atoms with Gasteiger partial charge < -0.3 is 9.84 Å². The van der Waals surface area contributed by atoms with E-state index >= 15 is 0 Å². The van der Waals surface area contributed by atoms with Crippen LogP contribution in [-0.2, 0) is 11.2 Å². The summed E-state index contributed by atoms with van der Waals surface area (Å²) in [5.74, 6) is 1.37. The van der Waals surface area contributed by atoms with Gasteiger partial charge in [0, 0.05) is 12.3 Å². The first-order valence-corrected chi connectivity index (χ1v) is 11.2. The molecule has 0 saturated carbocycles. The number of phenols is 1. The van der Waals surface area contributed by atoms with Crippen molar-refractivity contribution in [2.45, 2.75) is 71.8 Å². The smallest absolute Gasteiger partial charge is 0.140 e. The second-order valence-corrected chi connectivity index (χ2v) is 9.47. The van der Waals surface area contributed by atoms with Crippen molar-refractivity contribution in [3.8, 4) is 11.5 Å². The van der Waals surface area contributed by atoms with E-state index in [1.807, 2.05) is 25.1 Å². The van der Waals surface area contributed by atoms with Crippen LogP contribution in [0.15, 0.2) is 42.5 Å². The second-order valence-electron chi connectivity index (χ2n) is 9.47. The molecular weight excluding hydrogens is 384 g/mol. The molecule has 1 aliphatic rings. The van der Waals surface area contributed by atoms with Gasteiger partial charge in [0.15, 0.2) is 0 Å². The fourth-order valence-corrected chi connectivity index (χ4v) is 4.73. The first kappa shape index (κ1) is 21.4. The third kappa shape index (κ3) is 4.19. The maximum Gasteiger partial charge on any atom is 0.140 e. The average Bonchev–Trinajstić information content (AvgIpc) is 2.75. The topological polar surface area (TPSA) is 46.5 Å². The highest BCUT2D eigenvalue weighted by molar-refractivity contribution is 5.89. The monoisotopic (exact) mass is 416 g/mol. The maximum atomic E-state index is 13.0. The molecule has 2 atom stereocenters. The van der Waals surface area contributed by atoms with E-state index in [1.54, 1.807) is 12.1 Å². The third-order valence-electron chi connectivity index (χ3n) is 7.10. The van der Waals surface area contributed by atoms with Gasteiger partial charge in [0.25, 0.3) is 0 Å². The molecule has 0 saturated heterocycles. The molecule has 2 unspecified atom stereocenters. The minimum Gasteiger partial charge on any atom is -0.508 e. The van der Waals surface area contributed by atoms with Crippen molar-refractivity contribution >= 4 is 16.6 Å². The Bertz CT molecular complexity index is 1160. The number of benzene rings is 3. The summed E-state index contributed by atoms with van der Waals surface area (Å²) in [6.07, 6.45) is 3.17. The predicted octanol–water partition coefficient (Wildman–Crippen LogP) is 6.71. The first-order valence-electron chi connectivity index (χ1n) is 11.2. The van der Waals surface area contributed by atoms with E-state index in [-0.39, 0.29) is 23.1 Å². The van der Waals surface area contributed by atoms with E-state index in [0.29, 0.717) is 6.42 Å². The van der Waals surface area contributed by atoms with Crippen LogP contribution in [0.2, 0.25) is 0 Å². The van der Waals surface area contributed by atoms with Crippen LogP contribution in [-0.4, -0.2) is 16.5 Å². The first-order chi connectivity index (χ1) is 14.7. The summed E-state index contributed by atoms with van der Waals surface area (Å²) in [6, 6.07) is 13.6. The van der Waals surface area contributed by atoms with Gasteiger partial charge in [-0.05, 0) is 97.7 Å². The molecule has 3 aromatic carbocycles. The summed E-state index contributed by atoms with van der Waals surface area (Å²) in [5, 5.41) is 11.7. The van der Waals surface area contributed by atoms with Crippen LogP contribution in [0.3, 0.4) is 0 Å². The van der Waals surface area contributed by atoms with Crippen LogP contribution in [0.1, 0.15) is 66.8 Å². The molecule has 0 radical (unpaired) electrons. The predicted molar refractivity (Wildman–Crippen MR) is 126 cm³/mol. The standard InChI is InChI=1S/C28H32O3/c1-17-14-18(2)25-10-12-28(5,31-27(25)19(17)3)13-11-26(30)20(4)21-6-7-23-16-24(29)9-8-22(23)15-21/h6-9,14-16,20,29H,10-13H2,1-5H3. The van der Waals surface area contributed by atoms with Gasteiger partial charge in [0.1, 0.15) is 22.9 Å².